The summed E-state index contributed by atoms with van der Waals surface area (Å²) in [7, 11) is 0. The Labute approximate surface area is 129 Å². The van der Waals surface area contributed by atoms with Crippen molar-refractivity contribution in [2.24, 2.45) is 40.2 Å². The van der Waals surface area contributed by atoms with Gasteiger partial charge in [-0.15, -0.1) is 0 Å². The average Bonchev–Trinajstić information content (AvgIpc) is 2.78. The van der Waals surface area contributed by atoms with Crippen molar-refractivity contribution in [3.63, 3.8) is 0 Å². The van der Waals surface area contributed by atoms with Crippen molar-refractivity contribution in [1.82, 2.24) is 0 Å². The molecule has 8 atom stereocenters. The third kappa shape index (κ3) is 1.97. The summed E-state index contributed by atoms with van der Waals surface area (Å²) in [4.78, 5) is 0. The van der Waals surface area contributed by atoms with E-state index in [2.05, 4.69) is 13.8 Å². The van der Waals surface area contributed by atoms with Crippen molar-refractivity contribution >= 4 is 0 Å². The molecule has 0 amide bonds. The molecule has 4 aliphatic carbocycles. The Kier molecular flexibility index (Phi) is 3.25. The van der Waals surface area contributed by atoms with Gasteiger partial charge >= 0.3 is 0 Å². The van der Waals surface area contributed by atoms with Crippen LogP contribution in [0.5, 0.6) is 0 Å². The number of nitrogens with two attached hydrogens (primary N) is 1. The maximum Gasteiger partial charge on any atom is 0.0545 e. The first-order chi connectivity index (χ1) is 9.94. The van der Waals surface area contributed by atoms with E-state index in [4.69, 9.17) is 5.73 Å². The lowest BCUT2D eigenvalue weighted by molar-refractivity contribution is -0.133. The predicted octanol–water partition coefficient (Wildman–Crippen LogP) is 3.72. The predicted molar refractivity (Wildman–Crippen MR) is 85.7 cm³/mol. The summed E-state index contributed by atoms with van der Waals surface area (Å²) < 4.78 is 0. The Balaban J connectivity index is 1.69. The molecule has 4 saturated carbocycles. The van der Waals surface area contributed by atoms with Crippen LogP contribution >= 0.6 is 0 Å². The highest BCUT2D eigenvalue weighted by Gasteiger charge is 2.60. The fraction of sp³-hybridized carbons (Fsp3) is 1.00. The van der Waals surface area contributed by atoms with Gasteiger partial charge in [-0.3, -0.25) is 0 Å². The van der Waals surface area contributed by atoms with E-state index < -0.39 is 0 Å². The first-order valence-electron chi connectivity index (χ1n) is 9.38. The van der Waals surface area contributed by atoms with Crippen LogP contribution in [0.1, 0.15) is 71.6 Å². The zero-order valence-corrected chi connectivity index (χ0v) is 13.9. The van der Waals surface area contributed by atoms with Gasteiger partial charge in [-0.05, 0) is 85.9 Å². The molecule has 4 aliphatic rings. The lowest BCUT2D eigenvalue weighted by Crippen LogP contribution is -2.60. The highest BCUT2D eigenvalue weighted by atomic mass is 16.3. The molecule has 0 aromatic rings. The van der Waals surface area contributed by atoms with Crippen LogP contribution < -0.4 is 5.73 Å². The summed E-state index contributed by atoms with van der Waals surface area (Å²) in [6.45, 7) is 5.00. The minimum Gasteiger partial charge on any atom is -0.393 e. The quantitative estimate of drug-likeness (QED) is 0.714. The molecule has 0 aromatic heterocycles. The molecule has 0 aromatic carbocycles. The summed E-state index contributed by atoms with van der Waals surface area (Å²) in [5, 5.41) is 10.3. The van der Waals surface area contributed by atoms with E-state index in [0.717, 1.165) is 30.6 Å². The third-order valence-electron chi connectivity index (χ3n) is 8.37. The van der Waals surface area contributed by atoms with Crippen LogP contribution in [0.3, 0.4) is 0 Å². The molecule has 0 radical (unpaired) electrons. The van der Waals surface area contributed by atoms with Crippen LogP contribution in [0.25, 0.3) is 0 Å². The summed E-state index contributed by atoms with van der Waals surface area (Å²) in [6.07, 6.45) is 11.5. The summed E-state index contributed by atoms with van der Waals surface area (Å²) in [5.41, 5.74) is 7.62. The van der Waals surface area contributed by atoms with Gasteiger partial charge in [-0.1, -0.05) is 20.3 Å². The molecular formula is C19H33NO. The molecular weight excluding hydrogens is 258 g/mol. The molecule has 120 valence electrons. The normalized spacial score (nSPS) is 60.0. The van der Waals surface area contributed by atoms with Crippen molar-refractivity contribution in [2.45, 2.75) is 83.8 Å². The number of aliphatic hydroxyl groups is 1. The van der Waals surface area contributed by atoms with Crippen molar-refractivity contribution in [2.75, 3.05) is 0 Å². The average molecular weight is 291 g/mol. The summed E-state index contributed by atoms with van der Waals surface area (Å²) in [6, 6.07) is 0.368. The van der Waals surface area contributed by atoms with Gasteiger partial charge < -0.3 is 10.8 Å². The lowest BCUT2D eigenvalue weighted by atomic mass is 9.44. The Morgan fingerprint density at radius 3 is 2.57 bits per heavy atom. The Bertz CT molecular complexity index is 424. The van der Waals surface area contributed by atoms with Gasteiger partial charge in [0.1, 0.15) is 0 Å². The summed E-state index contributed by atoms with van der Waals surface area (Å²) >= 11 is 0. The van der Waals surface area contributed by atoms with E-state index in [-0.39, 0.29) is 6.10 Å². The minimum atomic E-state index is -0.0749. The molecule has 4 rings (SSSR count). The van der Waals surface area contributed by atoms with Gasteiger partial charge in [-0.25, -0.2) is 0 Å². The molecule has 0 saturated heterocycles. The highest BCUT2D eigenvalue weighted by Crippen LogP contribution is 2.65. The molecule has 0 spiro atoms. The van der Waals surface area contributed by atoms with E-state index in [0.29, 0.717) is 22.8 Å². The standard InChI is InChI=1S/C19H33NO/c1-18-9-3-4-15(18)14-8-6-12-5-7-13(21)10-19(12,2)17(14)16(20)11-18/h12-17,21H,3-11,20H2,1-2H3/t12?,13?,14-,15-,16?,17-,18-,19-/m0/s1. The molecule has 2 nitrogen and oxygen atoms in total. The number of aliphatic hydroxyl groups excluding tert-OH is 1. The molecule has 3 N–H and O–H groups in total. The van der Waals surface area contributed by atoms with Crippen molar-refractivity contribution < 1.29 is 5.11 Å². The Morgan fingerprint density at radius 1 is 1.00 bits per heavy atom. The van der Waals surface area contributed by atoms with Gasteiger partial charge in [0.05, 0.1) is 6.10 Å². The van der Waals surface area contributed by atoms with E-state index in [9.17, 15) is 5.11 Å². The van der Waals surface area contributed by atoms with Crippen molar-refractivity contribution in [1.29, 1.82) is 0 Å². The molecule has 21 heavy (non-hydrogen) atoms. The molecule has 0 heterocycles. The van der Waals surface area contributed by atoms with Crippen LogP contribution in [0.4, 0.5) is 0 Å². The molecule has 2 heteroatoms. The first kappa shape index (κ1) is 14.5. The Morgan fingerprint density at radius 2 is 1.76 bits per heavy atom. The zero-order chi connectivity index (χ0) is 14.8. The van der Waals surface area contributed by atoms with Gasteiger partial charge in [0.25, 0.3) is 0 Å². The molecule has 3 unspecified atom stereocenters. The van der Waals surface area contributed by atoms with Crippen LogP contribution in [0, 0.1) is 34.5 Å². The maximum atomic E-state index is 10.3. The van der Waals surface area contributed by atoms with Crippen molar-refractivity contribution in [3.8, 4) is 0 Å². The zero-order valence-electron chi connectivity index (χ0n) is 13.9. The highest BCUT2D eigenvalue weighted by molar-refractivity contribution is 5.11. The van der Waals surface area contributed by atoms with Gasteiger partial charge in [-0.2, -0.15) is 0 Å². The van der Waals surface area contributed by atoms with Gasteiger partial charge in [0, 0.05) is 6.04 Å². The van der Waals surface area contributed by atoms with E-state index in [1.54, 1.807) is 0 Å². The van der Waals surface area contributed by atoms with Crippen molar-refractivity contribution in [3.05, 3.63) is 0 Å². The number of fused-ring (bicyclic) bond motifs is 5. The Hall–Kier alpha value is -0.0800. The smallest absolute Gasteiger partial charge is 0.0545 e. The molecule has 4 fully saturated rings. The third-order valence-corrected chi connectivity index (χ3v) is 8.37. The second-order valence-electron chi connectivity index (χ2n) is 9.43. The topological polar surface area (TPSA) is 46.2 Å². The van der Waals surface area contributed by atoms with Crippen LogP contribution in [0.15, 0.2) is 0 Å². The van der Waals surface area contributed by atoms with Crippen LogP contribution in [0.2, 0.25) is 0 Å². The van der Waals surface area contributed by atoms with Gasteiger partial charge in [0.2, 0.25) is 0 Å². The van der Waals surface area contributed by atoms with E-state index >= 15 is 0 Å². The lowest BCUT2D eigenvalue weighted by Gasteiger charge is -2.62. The fourth-order valence-corrected chi connectivity index (χ4v) is 7.61. The second-order valence-corrected chi connectivity index (χ2v) is 9.43. The SMILES string of the molecule is C[C@@]12CCC[C@H]1[C@@H]1CCC3CCC(O)C[C@]3(C)[C@@H]1C(N)C2. The molecule has 0 aliphatic heterocycles. The number of hydrogen-bond acceptors (Lipinski definition) is 2. The first-order valence-corrected chi connectivity index (χ1v) is 9.38. The largest absolute Gasteiger partial charge is 0.393 e. The fourth-order valence-electron chi connectivity index (χ4n) is 7.61. The molecule has 0 bridgehead atoms. The number of rotatable bonds is 0. The van der Waals surface area contributed by atoms with Crippen LogP contribution in [-0.4, -0.2) is 17.3 Å². The van der Waals surface area contributed by atoms with E-state index in [1.165, 1.54) is 44.9 Å². The monoisotopic (exact) mass is 291 g/mol. The van der Waals surface area contributed by atoms with Gasteiger partial charge in [0.15, 0.2) is 0 Å². The summed E-state index contributed by atoms with van der Waals surface area (Å²) in [5.74, 6) is 3.24. The maximum absolute atomic E-state index is 10.3. The number of hydrogen-bond donors (Lipinski definition) is 2. The minimum absolute atomic E-state index is 0.0749. The van der Waals surface area contributed by atoms with E-state index in [1.807, 2.05) is 0 Å². The second kappa shape index (κ2) is 4.71. The van der Waals surface area contributed by atoms with Crippen LogP contribution in [-0.2, 0) is 0 Å².